The van der Waals surface area contributed by atoms with Gasteiger partial charge in [-0.3, -0.25) is 14.6 Å². The zero-order valence-corrected chi connectivity index (χ0v) is 20.2. The number of carbonyl (C=O) groups excluding carboxylic acids is 2. The molecule has 0 bridgehead atoms. The van der Waals surface area contributed by atoms with Gasteiger partial charge in [0.05, 0.1) is 28.4 Å². The molecule has 3 aromatic rings. The summed E-state index contributed by atoms with van der Waals surface area (Å²) in [7, 11) is 1.64. The third-order valence-electron chi connectivity index (χ3n) is 6.72. The fraction of sp³-hybridized carbons (Fsp3) is 0.400. The lowest BCUT2D eigenvalue weighted by atomic mass is 9.92. The monoisotopic (exact) mass is 498 g/mol. The van der Waals surface area contributed by atoms with Crippen molar-refractivity contribution < 1.29 is 23.5 Å². The second-order valence-electron chi connectivity index (χ2n) is 8.97. The maximum absolute atomic E-state index is 13.5. The predicted octanol–water partition coefficient (Wildman–Crippen LogP) is 3.88. The van der Waals surface area contributed by atoms with Crippen molar-refractivity contribution in [3.05, 3.63) is 59.9 Å². The van der Waals surface area contributed by atoms with Crippen LogP contribution in [0.3, 0.4) is 0 Å². The van der Waals surface area contributed by atoms with E-state index in [4.69, 9.17) is 9.47 Å². The average Bonchev–Trinajstić information content (AvgIpc) is 3.54. The molecular weight excluding hydrogens is 471 g/mol. The Balaban J connectivity index is 1.23. The maximum atomic E-state index is 13.5. The molecule has 1 aromatic heterocycles. The van der Waals surface area contributed by atoms with Gasteiger partial charge in [-0.25, -0.2) is 14.2 Å². The summed E-state index contributed by atoms with van der Waals surface area (Å²) in [5.74, 6) is -0.553. The molecule has 2 aliphatic heterocycles. The largest absolute Gasteiger partial charge is 0.445 e. The molecule has 2 atom stereocenters. The third-order valence-corrected chi connectivity index (χ3v) is 7.66. The van der Waals surface area contributed by atoms with Gasteiger partial charge in [-0.05, 0) is 36.6 Å². The number of carbonyl (C=O) groups is 2. The van der Waals surface area contributed by atoms with Crippen LogP contribution in [0.15, 0.2) is 48.5 Å². The number of thiazole rings is 1. The summed E-state index contributed by atoms with van der Waals surface area (Å²) in [6.45, 7) is 1.98. The molecule has 2 amide bonds. The van der Waals surface area contributed by atoms with Gasteiger partial charge in [0.15, 0.2) is 5.13 Å². The summed E-state index contributed by atoms with van der Waals surface area (Å²) in [5.41, 5.74) is 1.04. The van der Waals surface area contributed by atoms with Gasteiger partial charge in [-0.15, -0.1) is 0 Å². The lowest BCUT2D eigenvalue weighted by Crippen LogP contribution is -2.56. The minimum atomic E-state index is -0.532. The van der Waals surface area contributed by atoms with E-state index in [1.807, 2.05) is 35.2 Å². The Labute approximate surface area is 206 Å². The fourth-order valence-electron chi connectivity index (χ4n) is 5.16. The highest BCUT2D eigenvalue weighted by molar-refractivity contribution is 7.22. The number of fused-ring (bicyclic) bond motifs is 1. The number of nitrogens with one attached hydrogen (secondary N) is 1. The van der Waals surface area contributed by atoms with Crippen LogP contribution in [-0.2, 0) is 20.9 Å². The Morgan fingerprint density at radius 2 is 2.09 bits per heavy atom. The van der Waals surface area contributed by atoms with Crippen molar-refractivity contribution in [2.75, 3.05) is 38.6 Å². The Bertz CT molecular complexity index is 1220. The summed E-state index contributed by atoms with van der Waals surface area (Å²) in [5, 5.41) is 3.25. The van der Waals surface area contributed by atoms with Crippen molar-refractivity contribution in [1.29, 1.82) is 0 Å². The minimum absolute atomic E-state index is 0.138. The number of benzene rings is 2. The number of rotatable bonds is 6. The van der Waals surface area contributed by atoms with E-state index in [1.54, 1.807) is 18.1 Å². The molecule has 0 saturated carbocycles. The van der Waals surface area contributed by atoms with Crippen molar-refractivity contribution in [3.63, 3.8) is 0 Å². The van der Waals surface area contributed by atoms with Crippen LogP contribution in [0, 0.1) is 5.82 Å². The van der Waals surface area contributed by atoms with Gasteiger partial charge >= 0.3 is 6.09 Å². The number of aromatic nitrogens is 1. The summed E-state index contributed by atoms with van der Waals surface area (Å²) in [6.07, 6.45) is 1.05. The SMILES string of the molecule is CO[C@H]1CN(CC(=O)Nc2nc3ccc(F)cc3s2)C[C@@]12CCCN2C(=O)OCc1ccccc1. The van der Waals surface area contributed by atoms with Crippen molar-refractivity contribution in [2.45, 2.75) is 31.1 Å². The lowest BCUT2D eigenvalue weighted by molar-refractivity contribution is -0.117. The van der Waals surface area contributed by atoms with E-state index in [0.29, 0.717) is 35.0 Å². The molecule has 1 N–H and O–H groups in total. The molecule has 8 nitrogen and oxygen atoms in total. The van der Waals surface area contributed by atoms with Crippen LogP contribution < -0.4 is 5.32 Å². The molecule has 184 valence electrons. The second kappa shape index (κ2) is 9.88. The first kappa shape index (κ1) is 23.7. The molecule has 0 unspecified atom stereocenters. The number of ether oxygens (including phenoxy) is 2. The Morgan fingerprint density at radius 1 is 1.26 bits per heavy atom. The second-order valence-corrected chi connectivity index (χ2v) is 10.0. The van der Waals surface area contributed by atoms with Crippen molar-refractivity contribution >= 4 is 38.7 Å². The van der Waals surface area contributed by atoms with Crippen LogP contribution in [0.5, 0.6) is 0 Å². The normalized spacial score (nSPS) is 22.2. The van der Waals surface area contributed by atoms with Crippen LogP contribution in [0.2, 0.25) is 0 Å². The highest BCUT2D eigenvalue weighted by atomic mass is 32.1. The van der Waals surface area contributed by atoms with Gasteiger partial charge < -0.3 is 14.8 Å². The van der Waals surface area contributed by atoms with E-state index in [-0.39, 0.29) is 37.1 Å². The molecular formula is C25H27FN4O4S. The zero-order chi connectivity index (χ0) is 24.4. The maximum Gasteiger partial charge on any atom is 0.410 e. The van der Waals surface area contributed by atoms with Gasteiger partial charge in [-0.2, -0.15) is 0 Å². The molecule has 2 aromatic carbocycles. The highest BCUT2D eigenvalue weighted by Crippen LogP contribution is 2.39. The van der Waals surface area contributed by atoms with Gasteiger partial charge in [0.25, 0.3) is 0 Å². The van der Waals surface area contributed by atoms with Gasteiger partial charge in [0, 0.05) is 26.7 Å². The topological polar surface area (TPSA) is 84.0 Å². The molecule has 1 spiro atoms. The van der Waals surface area contributed by atoms with E-state index in [1.165, 1.54) is 23.5 Å². The zero-order valence-electron chi connectivity index (χ0n) is 19.4. The summed E-state index contributed by atoms with van der Waals surface area (Å²) in [4.78, 5) is 34.0. The number of nitrogens with zero attached hydrogens (tertiary/aromatic N) is 3. The number of hydrogen-bond acceptors (Lipinski definition) is 7. The van der Waals surface area contributed by atoms with Crippen LogP contribution >= 0.6 is 11.3 Å². The Kier molecular flexibility index (Phi) is 6.68. The predicted molar refractivity (Wildman–Crippen MR) is 131 cm³/mol. The molecule has 2 saturated heterocycles. The standard InChI is InChI=1S/C25H27FN4O4S/c1-33-21-13-29(14-22(31)28-23-27-19-9-8-18(26)12-20(19)35-23)16-25(21)10-5-11-30(25)24(32)34-15-17-6-3-2-4-7-17/h2-4,6-9,12,21H,5,10-11,13-16H2,1H3,(H,27,28,31)/t21-,25-/m0/s1. The number of halogens is 1. The summed E-state index contributed by atoms with van der Waals surface area (Å²) < 4.78 is 25.6. The first-order chi connectivity index (χ1) is 17.0. The van der Waals surface area contributed by atoms with Crippen molar-refractivity contribution in [3.8, 4) is 0 Å². The first-order valence-corrected chi connectivity index (χ1v) is 12.4. The molecule has 2 aliphatic rings. The molecule has 3 heterocycles. The number of methoxy groups -OCH3 is 1. The Hall–Kier alpha value is -3.08. The highest BCUT2D eigenvalue weighted by Gasteiger charge is 2.55. The lowest BCUT2D eigenvalue weighted by Gasteiger charge is -2.38. The van der Waals surface area contributed by atoms with Crippen LogP contribution in [0.1, 0.15) is 18.4 Å². The van der Waals surface area contributed by atoms with Crippen LogP contribution in [0.4, 0.5) is 14.3 Å². The number of hydrogen-bond donors (Lipinski definition) is 1. The van der Waals surface area contributed by atoms with Crippen molar-refractivity contribution in [1.82, 2.24) is 14.8 Å². The summed E-state index contributed by atoms with van der Waals surface area (Å²) in [6, 6.07) is 13.9. The smallest absolute Gasteiger partial charge is 0.410 e. The molecule has 5 rings (SSSR count). The van der Waals surface area contributed by atoms with Crippen molar-refractivity contribution in [2.24, 2.45) is 0 Å². The number of anilines is 1. The minimum Gasteiger partial charge on any atom is -0.445 e. The quantitative estimate of drug-likeness (QED) is 0.556. The molecule has 10 heteroatoms. The number of likely N-dealkylation sites (tertiary alicyclic amines) is 2. The molecule has 2 fully saturated rings. The number of amides is 2. The van der Waals surface area contributed by atoms with E-state index in [2.05, 4.69) is 10.3 Å². The molecule has 0 aliphatic carbocycles. The van der Waals surface area contributed by atoms with Gasteiger partial charge in [0.1, 0.15) is 12.4 Å². The van der Waals surface area contributed by atoms with Gasteiger partial charge in [-0.1, -0.05) is 41.7 Å². The first-order valence-electron chi connectivity index (χ1n) is 11.6. The fourth-order valence-corrected chi connectivity index (χ4v) is 6.06. The Morgan fingerprint density at radius 3 is 2.89 bits per heavy atom. The van der Waals surface area contributed by atoms with Crippen LogP contribution in [0.25, 0.3) is 10.2 Å². The third kappa shape index (κ3) is 4.86. The van der Waals surface area contributed by atoms with E-state index in [0.717, 1.165) is 18.4 Å². The van der Waals surface area contributed by atoms with E-state index >= 15 is 0 Å². The summed E-state index contributed by atoms with van der Waals surface area (Å²) >= 11 is 1.23. The molecule has 35 heavy (non-hydrogen) atoms. The average molecular weight is 499 g/mol. The molecule has 0 radical (unpaired) electrons. The van der Waals surface area contributed by atoms with E-state index in [9.17, 15) is 14.0 Å². The van der Waals surface area contributed by atoms with Crippen LogP contribution in [-0.4, -0.2) is 71.7 Å². The van der Waals surface area contributed by atoms with E-state index < -0.39 is 5.54 Å². The van der Waals surface area contributed by atoms with Gasteiger partial charge in [0.2, 0.25) is 5.91 Å².